The highest BCUT2D eigenvalue weighted by molar-refractivity contribution is 9.09. The molecule has 0 bridgehead atoms. The first-order valence-corrected chi connectivity index (χ1v) is 7.85. The molecule has 0 atom stereocenters. The fourth-order valence-electron chi connectivity index (χ4n) is 2.17. The molecule has 4 heteroatoms. The summed E-state index contributed by atoms with van der Waals surface area (Å²) in [5, 5.41) is 1.55. The van der Waals surface area contributed by atoms with Gasteiger partial charge >= 0.3 is 0 Å². The number of amides is 1. The van der Waals surface area contributed by atoms with Crippen LogP contribution in [0, 0.1) is 0 Å². The molecule has 18 heavy (non-hydrogen) atoms. The first-order chi connectivity index (χ1) is 8.72. The van der Waals surface area contributed by atoms with Crippen LogP contribution in [0.3, 0.4) is 0 Å². The van der Waals surface area contributed by atoms with Gasteiger partial charge in [0.15, 0.2) is 0 Å². The molecule has 1 aliphatic rings. The van der Waals surface area contributed by atoms with E-state index >= 15 is 0 Å². The van der Waals surface area contributed by atoms with Gasteiger partial charge < -0.3 is 4.90 Å². The van der Waals surface area contributed by atoms with Crippen molar-refractivity contribution < 1.29 is 4.79 Å². The number of carbonyl (C=O) groups excluding carboxylic acids is 1. The number of alkyl halides is 1. The lowest BCUT2D eigenvalue weighted by Crippen LogP contribution is -2.44. The van der Waals surface area contributed by atoms with Gasteiger partial charge in [0.05, 0.1) is 0 Å². The fraction of sp³-hybridized carbons (Fsp3) is 0.500. The largest absolute Gasteiger partial charge is 0.336 e. The Bertz CT molecular complexity index is 420. The van der Waals surface area contributed by atoms with Crippen LogP contribution < -0.4 is 0 Å². The summed E-state index contributed by atoms with van der Waals surface area (Å²) in [5.41, 5.74) is 0.698. The normalized spacial score (nSPS) is 15.2. The van der Waals surface area contributed by atoms with Gasteiger partial charge in [0.25, 0.3) is 5.91 Å². The second-order valence-electron chi connectivity index (χ2n) is 4.64. The quantitative estimate of drug-likeness (QED) is 0.744. The van der Waals surface area contributed by atoms with E-state index in [0.717, 1.165) is 31.1 Å². The first kappa shape index (κ1) is 13.9. The number of carbonyl (C=O) groups is 1. The van der Waals surface area contributed by atoms with Crippen LogP contribution in [0.2, 0.25) is 5.02 Å². The summed E-state index contributed by atoms with van der Waals surface area (Å²) in [5.74, 6) is 0.114. The van der Waals surface area contributed by atoms with Crippen molar-refractivity contribution in [1.82, 2.24) is 4.90 Å². The van der Waals surface area contributed by atoms with E-state index in [1.165, 1.54) is 6.42 Å². The summed E-state index contributed by atoms with van der Waals surface area (Å²) < 4.78 is 0. The van der Waals surface area contributed by atoms with Crippen LogP contribution >= 0.6 is 27.5 Å². The van der Waals surface area contributed by atoms with E-state index in [-0.39, 0.29) is 5.91 Å². The Balaban J connectivity index is 2.11. The highest BCUT2D eigenvalue weighted by Gasteiger charge is 2.28. The number of halogens is 2. The molecule has 2 nitrogen and oxygen atoms in total. The summed E-state index contributed by atoms with van der Waals surface area (Å²) in [6.45, 7) is 0.821. The van der Waals surface area contributed by atoms with Gasteiger partial charge in [-0.25, -0.2) is 0 Å². The Morgan fingerprint density at radius 2 is 2.22 bits per heavy atom. The van der Waals surface area contributed by atoms with Gasteiger partial charge in [-0.05, 0) is 43.9 Å². The van der Waals surface area contributed by atoms with Gasteiger partial charge in [-0.2, -0.15) is 0 Å². The van der Waals surface area contributed by atoms with Crippen molar-refractivity contribution in [2.24, 2.45) is 0 Å². The van der Waals surface area contributed by atoms with Crippen LogP contribution in [-0.2, 0) is 0 Å². The zero-order valence-electron chi connectivity index (χ0n) is 10.2. The van der Waals surface area contributed by atoms with E-state index in [1.807, 2.05) is 17.0 Å². The highest BCUT2D eigenvalue weighted by atomic mass is 79.9. The molecule has 0 spiro atoms. The monoisotopic (exact) mass is 329 g/mol. The molecule has 1 aromatic carbocycles. The van der Waals surface area contributed by atoms with E-state index in [2.05, 4.69) is 15.9 Å². The van der Waals surface area contributed by atoms with Gasteiger partial charge in [0.1, 0.15) is 0 Å². The summed E-state index contributed by atoms with van der Waals surface area (Å²) in [4.78, 5) is 14.5. The Labute approximate surface area is 121 Å². The SMILES string of the molecule is O=C(c1cccc(Cl)c1)N(CCCBr)C1CCC1. The third-order valence-corrected chi connectivity index (χ3v) is 4.18. The minimum absolute atomic E-state index is 0.114. The van der Waals surface area contributed by atoms with Crippen molar-refractivity contribution in [2.45, 2.75) is 31.7 Å². The predicted octanol–water partition coefficient (Wildman–Crippen LogP) is 4.12. The van der Waals surface area contributed by atoms with E-state index < -0.39 is 0 Å². The smallest absolute Gasteiger partial charge is 0.254 e. The molecule has 98 valence electrons. The summed E-state index contributed by atoms with van der Waals surface area (Å²) >= 11 is 9.37. The van der Waals surface area contributed by atoms with Crippen LogP contribution in [-0.4, -0.2) is 28.7 Å². The number of benzene rings is 1. The Morgan fingerprint density at radius 1 is 1.44 bits per heavy atom. The molecule has 1 amide bonds. The van der Waals surface area contributed by atoms with E-state index in [1.54, 1.807) is 12.1 Å². The maximum Gasteiger partial charge on any atom is 0.254 e. The molecular weight excluding hydrogens is 314 g/mol. The summed E-state index contributed by atoms with van der Waals surface area (Å²) in [7, 11) is 0. The van der Waals surface area contributed by atoms with Crippen molar-refractivity contribution in [3.8, 4) is 0 Å². The Hall–Kier alpha value is -0.540. The van der Waals surface area contributed by atoms with Crippen LogP contribution in [0.1, 0.15) is 36.0 Å². The number of nitrogens with zero attached hydrogens (tertiary/aromatic N) is 1. The van der Waals surface area contributed by atoms with Crippen LogP contribution in [0.25, 0.3) is 0 Å². The molecule has 1 aliphatic carbocycles. The van der Waals surface area contributed by atoms with Crippen molar-refractivity contribution in [1.29, 1.82) is 0 Å². The zero-order chi connectivity index (χ0) is 13.0. The number of rotatable bonds is 5. The molecule has 2 rings (SSSR count). The maximum atomic E-state index is 12.5. The molecule has 0 N–H and O–H groups in total. The van der Waals surface area contributed by atoms with Gasteiger partial charge in [0.2, 0.25) is 0 Å². The molecule has 0 radical (unpaired) electrons. The van der Waals surface area contributed by atoms with Gasteiger partial charge in [-0.3, -0.25) is 4.79 Å². The molecule has 0 unspecified atom stereocenters. The Kier molecular flexibility index (Phi) is 5.07. The standard InChI is InChI=1S/C14H17BrClNO/c15-8-3-9-17(13-6-2-7-13)14(18)11-4-1-5-12(16)10-11/h1,4-5,10,13H,2-3,6-9H2. The van der Waals surface area contributed by atoms with E-state index in [4.69, 9.17) is 11.6 Å². The number of hydrogen-bond acceptors (Lipinski definition) is 1. The second kappa shape index (κ2) is 6.58. The van der Waals surface area contributed by atoms with Crippen molar-refractivity contribution >= 4 is 33.4 Å². The van der Waals surface area contributed by atoms with Crippen molar-refractivity contribution in [2.75, 3.05) is 11.9 Å². The molecule has 1 fully saturated rings. The minimum Gasteiger partial charge on any atom is -0.336 e. The fourth-order valence-corrected chi connectivity index (χ4v) is 2.61. The molecular formula is C14H17BrClNO. The average Bonchev–Trinajstić information content (AvgIpc) is 2.31. The molecule has 0 heterocycles. The topological polar surface area (TPSA) is 20.3 Å². The molecule has 0 saturated heterocycles. The minimum atomic E-state index is 0.114. The van der Waals surface area contributed by atoms with E-state index in [9.17, 15) is 4.79 Å². The van der Waals surface area contributed by atoms with Gasteiger partial charge in [-0.1, -0.05) is 33.6 Å². The van der Waals surface area contributed by atoms with Crippen LogP contribution in [0.4, 0.5) is 0 Å². The van der Waals surface area contributed by atoms with Crippen LogP contribution in [0.5, 0.6) is 0 Å². The highest BCUT2D eigenvalue weighted by Crippen LogP contribution is 2.27. The Morgan fingerprint density at radius 3 is 2.78 bits per heavy atom. The van der Waals surface area contributed by atoms with Crippen LogP contribution in [0.15, 0.2) is 24.3 Å². The molecule has 0 aromatic heterocycles. The zero-order valence-corrected chi connectivity index (χ0v) is 12.6. The first-order valence-electron chi connectivity index (χ1n) is 6.35. The lowest BCUT2D eigenvalue weighted by atomic mass is 9.91. The average molecular weight is 331 g/mol. The summed E-state index contributed by atoms with van der Waals surface area (Å²) in [6, 6.07) is 7.65. The van der Waals surface area contributed by atoms with Gasteiger partial charge in [-0.15, -0.1) is 0 Å². The van der Waals surface area contributed by atoms with Crippen molar-refractivity contribution in [3.05, 3.63) is 34.9 Å². The maximum absolute atomic E-state index is 12.5. The van der Waals surface area contributed by atoms with E-state index in [0.29, 0.717) is 16.6 Å². The third kappa shape index (κ3) is 3.27. The van der Waals surface area contributed by atoms with Crippen molar-refractivity contribution in [3.63, 3.8) is 0 Å². The predicted molar refractivity (Wildman–Crippen MR) is 78.5 cm³/mol. The lowest BCUT2D eigenvalue weighted by Gasteiger charge is -2.37. The number of hydrogen-bond donors (Lipinski definition) is 0. The molecule has 1 saturated carbocycles. The second-order valence-corrected chi connectivity index (χ2v) is 5.87. The van der Waals surface area contributed by atoms with Gasteiger partial charge in [0, 0.05) is 28.5 Å². The molecule has 0 aliphatic heterocycles. The third-order valence-electron chi connectivity index (χ3n) is 3.38. The summed E-state index contributed by atoms with van der Waals surface area (Å²) in [6.07, 6.45) is 4.49. The molecule has 1 aromatic rings. The lowest BCUT2D eigenvalue weighted by molar-refractivity contribution is 0.0581.